The van der Waals surface area contributed by atoms with Crippen molar-refractivity contribution >= 4 is 11.8 Å². The zero-order valence-electron chi connectivity index (χ0n) is 8.29. The molecule has 0 aromatic heterocycles. The van der Waals surface area contributed by atoms with Gasteiger partial charge in [0.25, 0.3) is 0 Å². The first-order valence-electron chi connectivity index (χ1n) is 4.40. The van der Waals surface area contributed by atoms with Crippen LogP contribution in [0.4, 0.5) is 10.5 Å². The van der Waals surface area contributed by atoms with Gasteiger partial charge in [-0.25, -0.2) is 0 Å². The average molecular weight is 206 g/mol. The van der Waals surface area contributed by atoms with Gasteiger partial charge in [0.1, 0.15) is 0 Å². The van der Waals surface area contributed by atoms with E-state index in [1.165, 1.54) is 19.1 Å². The average Bonchev–Trinajstić information content (AvgIpc) is 2.27. The number of hydrogen-bond acceptors (Lipinski definition) is 2. The molecule has 0 bridgehead atoms. The molecular formula is C11H12NO3+. The lowest BCUT2D eigenvalue weighted by Crippen LogP contribution is -2.56. The van der Waals surface area contributed by atoms with Gasteiger partial charge in [0.15, 0.2) is 11.7 Å². The number of para-hydroxylation sites is 1. The number of benzene rings is 1. The fourth-order valence-corrected chi connectivity index (χ4v) is 1.26. The summed E-state index contributed by atoms with van der Waals surface area (Å²) in [5.74, 6) is 2.23. The first-order valence-corrected chi connectivity index (χ1v) is 4.40. The summed E-state index contributed by atoms with van der Waals surface area (Å²) >= 11 is 0. The van der Waals surface area contributed by atoms with E-state index >= 15 is 0 Å². The van der Waals surface area contributed by atoms with E-state index in [9.17, 15) is 10.0 Å². The molecule has 2 atom stereocenters. The molecule has 4 nitrogen and oxygen atoms in total. The van der Waals surface area contributed by atoms with Crippen LogP contribution in [0.15, 0.2) is 30.3 Å². The number of hydrogen-bond donors (Lipinski definition) is 2. The van der Waals surface area contributed by atoms with E-state index in [1.807, 2.05) is 0 Å². The van der Waals surface area contributed by atoms with Gasteiger partial charge in [-0.1, -0.05) is 18.2 Å². The van der Waals surface area contributed by atoms with Gasteiger partial charge < -0.3 is 5.11 Å². The highest BCUT2D eigenvalue weighted by Crippen LogP contribution is 2.23. The van der Waals surface area contributed by atoms with Gasteiger partial charge in [0.2, 0.25) is 0 Å². The molecule has 1 aromatic rings. The summed E-state index contributed by atoms with van der Waals surface area (Å²) in [5.41, 5.74) is 0.232. The Balaban J connectivity index is 3.26. The maximum atomic E-state index is 11.0. The third-order valence-corrected chi connectivity index (χ3v) is 2.24. The molecule has 0 spiro atoms. The SMILES string of the molecule is C#CC(C)[N@+](O)(C(=O)O)c1ccccc1. The molecule has 1 unspecified atom stereocenters. The number of amides is 1. The summed E-state index contributed by atoms with van der Waals surface area (Å²) in [6, 6.07) is 7.19. The number of hydroxylamine groups is 2. The predicted octanol–water partition coefficient (Wildman–Crippen LogP) is 2.08. The van der Waals surface area contributed by atoms with Crippen LogP contribution >= 0.6 is 0 Å². The van der Waals surface area contributed by atoms with Crippen LogP contribution in [0, 0.1) is 12.3 Å². The molecule has 0 aliphatic rings. The lowest BCUT2D eigenvalue weighted by Gasteiger charge is -2.26. The molecule has 2 N–H and O–H groups in total. The van der Waals surface area contributed by atoms with Gasteiger partial charge in [-0.3, -0.25) is 0 Å². The summed E-state index contributed by atoms with van der Waals surface area (Å²) in [5, 5.41) is 19.0. The van der Waals surface area contributed by atoms with Crippen molar-refractivity contribution in [2.24, 2.45) is 0 Å². The van der Waals surface area contributed by atoms with E-state index in [0.29, 0.717) is 0 Å². The second-order valence-corrected chi connectivity index (χ2v) is 3.15. The molecular weight excluding hydrogens is 194 g/mol. The van der Waals surface area contributed by atoms with Crippen molar-refractivity contribution < 1.29 is 15.1 Å². The topological polar surface area (TPSA) is 57.5 Å². The first kappa shape index (κ1) is 11.2. The van der Waals surface area contributed by atoms with Crippen LogP contribution in [0.25, 0.3) is 0 Å². The highest BCUT2D eigenvalue weighted by atomic mass is 16.6. The fraction of sp³-hybridized carbons (Fsp3) is 0.182. The molecule has 0 radical (unpaired) electrons. The van der Waals surface area contributed by atoms with Gasteiger partial charge in [0.05, 0.1) is 0 Å². The zero-order valence-corrected chi connectivity index (χ0v) is 8.29. The quantitative estimate of drug-likeness (QED) is 0.337. The minimum Gasteiger partial charge on any atom is -0.433 e. The molecule has 78 valence electrons. The third kappa shape index (κ3) is 1.84. The van der Waals surface area contributed by atoms with Crippen molar-refractivity contribution in [2.45, 2.75) is 13.0 Å². The minimum atomic E-state index is -1.40. The predicted molar refractivity (Wildman–Crippen MR) is 56.3 cm³/mol. The molecule has 4 heteroatoms. The minimum absolute atomic E-state index is 0.232. The highest BCUT2D eigenvalue weighted by Gasteiger charge is 2.43. The number of carbonyl (C=O) groups is 1. The number of rotatable bonds is 2. The van der Waals surface area contributed by atoms with E-state index in [-0.39, 0.29) is 5.69 Å². The lowest BCUT2D eigenvalue weighted by atomic mass is 10.2. The second kappa shape index (κ2) is 4.13. The smallest absolute Gasteiger partial charge is 0.433 e. The van der Waals surface area contributed by atoms with E-state index in [0.717, 1.165) is 0 Å². The lowest BCUT2D eigenvalue weighted by molar-refractivity contribution is -0.0681. The van der Waals surface area contributed by atoms with E-state index in [1.54, 1.807) is 18.2 Å². The van der Waals surface area contributed by atoms with Gasteiger partial charge in [-0.15, -0.1) is 6.42 Å². The number of carboxylic acid groups (broad SMARTS) is 1. The Hall–Kier alpha value is -1.83. The molecule has 1 rings (SSSR count). The fourth-order valence-electron chi connectivity index (χ4n) is 1.26. The van der Waals surface area contributed by atoms with Crippen molar-refractivity contribution in [3.8, 4) is 12.3 Å². The van der Waals surface area contributed by atoms with Crippen LogP contribution in [0.2, 0.25) is 0 Å². The van der Waals surface area contributed by atoms with Crippen molar-refractivity contribution in [1.29, 1.82) is 0 Å². The molecule has 0 saturated carbocycles. The Morgan fingerprint density at radius 1 is 1.47 bits per heavy atom. The van der Waals surface area contributed by atoms with Crippen molar-refractivity contribution in [2.75, 3.05) is 0 Å². The standard InChI is InChI=1S/C11H11NO3/c1-3-9(2)12(15,11(13)14)10-7-5-4-6-8-10/h1,4-9,15H,2H3/p+1/t9?,12-/m1/s1. The Bertz CT molecular complexity index is 396. The summed E-state index contributed by atoms with van der Waals surface area (Å²) in [7, 11) is 0. The molecule has 0 aliphatic heterocycles. The van der Waals surface area contributed by atoms with Gasteiger partial charge in [0, 0.05) is 19.1 Å². The molecule has 1 aromatic carbocycles. The Morgan fingerprint density at radius 3 is 2.40 bits per heavy atom. The van der Waals surface area contributed by atoms with Crippen LogP contribution < -0.4 is 4.65 Å². The normalized spacial score (nSPS) is 16.1. The van der Waals surface area contributed by atoms with E-state index in [2.05, 4.69) is 5.92 Å². The third-order valence-electron chi connectivity index (χ3n) is 2.24. The Labute approximate surface area is 87.9 Å². The zero-order chi connectivity index (χ0) is 11.5. The number of quaternary nitrogens is 1. The summed E-state index contributed by atoms with van der Waals surface area (Å²) in [6.07, 6.45) is 3.75. The van der Waals surface area contributed by atoms with Crippen LogP contribution in [-0.4, -0.2) is 22.4 Å². The second-order valence-electron chi connectivity index (χ2n) is 3.15. The van der Waals surface area contributed by atoms with Gasteiger partial charge >= 0.3 is 6.09 Å². The Kier molecular flexibility index (Phi) is 3.10. The van der Waals surface area contributed by atoms with Crippen molar-refractivity contribution in [1.82, 2.24) is 4.65 Å². The number of terminal acetylenes is 1. The summed E-state index contributed by atoms with van der Waals surface area (Å²) in [6.45, 7) is 1.47. The van der Waals surface area contributed by atoms with Crippen LogP contribution in [0.1, 0.15) is 6.92 Å². The molecule has 15 heavy (non-hydrogen) atoms. The largest absolute Gasteiger partial charge is 0.553 e. The monoisotopic (exact) mass is 206 g/mol. The van der Waals surface area contributed by atoms with Crippen molar-refractivity contribution in [3.05, 3.63) is 30.3 Å². The van der Waals surface area contributed by atoms with E-state index < -0.39 is 16.8 Å². The molecule has 1 amide bonds. The van der Waals surface area contributed by atoms with Gasteiger partial charge in [-0.2, -0.15) is 10.0 Å². The summed E-state index contributed by atoms with van der Waals surface area (Å²) < 4.78 is -1.29. The first-order chi connectivity index (χ1) is 7.03. The summed E-state index contributed by atoms with van der Waals surface area (Å²) in [4.78, 5) is 11.0. The maximum Gasteiger partial charge on any atom is 0.553 e. The molecule has 0 saturated heterocycles. The van der Waals surface area contributed by atoms with Crippen LogP contribution in [0.5, 0.6) is 0 Å². The molecule has 0 fully saturated rings. The maximum absolute atomic E-state index is 11.0. The van der Waals surface area contributed by atoms with Crippen molar-refractivity contribution in [3.63, 3.8) is 0 Å². The Morgan fingerprint density at radius 2 is 2.00 bits per heavy atom. The highest BCUT2D eigenvalue weighted by molar-refractivity contribution is 5.79. The van der Waals surface area contributed by atoms with E-state index in [4.69, 9.17) is 11.5 Å². The van der Waals surface area contributed by atoms with Gasteiger partial charge in [-0.05, 0) is 10.6 Å². The molecule has 0 heterocycles. The molecule has 0 aliphatic carbocycles. The number of nitrogens with zero attached hydrogens (tertiary/aromatic N) is 1. The van der Waals surface area contributed by atoms with Crippen LogP contribution in [-0.2, 0) is 0 Å². The van der Waals surface area contributed by atoms with Crippen LogP contribution in [0.3, 0.4) is 0 Å².